The molecule has 0 fully saturated rings. The quantitative estimate of drug-likeness (QED) is 0.900. The fraction of sp³-hybridized carbons (Fsp3) is 0.333. The van der Waals surface area contributed by atoms with Crippen molar-refractivity contribution in [1.29, 1.82) is 0 Å². The molecule has 3 heteroatoms. The lowest BCUT2D eigenvalue weighted by Gasteiger charge is -2.11. The molecular weight excluding hydrogens is 224 g/mol. The van der Waals surface area contributed by atoms with E-state index in [0.717, 1.165) is 5.56 Å². The molecule has 18 heavy (non-hydrogen) atoms. The summed E-state index contributed by atoms with van der Waals surface area (Å²) in [5.41, 5.74) is 4.33. The van der Waals surface area contributed by atoms with Gasteiger partial charge in [0.15, 0.2) is 0 Å². The fourth-order valence-corrected chi connectivity index (χ4v) is 1.92. The molecule has 0 radical (unpaired) electrons. The second kappa shape index (κ2) is 5.27. The van der Waals surface area contributed by atoms with Gasteiger partial charge in [-0.2, -0.15) is 0 Å². The summed E-state index contributed by atoms with van der Waals surface area (Å²) in [4.78, 5) is 8.28. The van der Waals surface area contributed by atoms with Crippen molar-refractivity contribution in [1.82, 2.24) is 9.97 Å². The van der Waals surface area contributed by atoms with E-state index in [4.69, 9.17) is 0 Å². The first-order valence-corrected chi connectivity index (χ1v) is 6.10. The molecule has 0 amide bonds. The average Bonchev–Trinajstić information content (AvgIpc) is 2.34. The van der Waals surface area contributed by atoms with Gasteiger partial charge in [0.05, 0.1) is 5.69 Å². The van der Waals surface area contributed by atoms with Crippen LogP contribution in [0.5, 0.6) is 0 Å². The van der Waals surface area contributed by atoms with Gasteiger partial charge in [-0.05, 0) is 43.5 Å². The van der Waals surface area contributed by atoms with E-state index in [1.165, 1.54) is 11.1 Å². The Balaban J connectivity index is 2.16. The highest BCUT2D eigenvalue weighted by Crippen LogP contribution is 2.18. The molecule has 0 bridgehead atoms. The number of aliphatic hydroxyl groups is 1. The minimum absolute atomic E-state index is 0.575. The summed E-state index contributed by atoms with van der Waals surface area (Å²) in [5.74, 6) is 0.687. The molecule has 1 atom stereocenters. The van der Waals surface area contributed by atoms with Crippen LogP contribution < -0.4 is 0 Å². The van der Waals surface area contributed by atoms with Gasteiger partial charge in [0.25, 0.3) is 0 Å². The third kappa shape index (κ3) is 2.93. The Bertz CT molecular complexity index is 552. The number of hydrogen-bond acceptors (Lipinski definition) is 3. The first-order chi connectivity index (χ1) is 8.56. The highest BCUT2D eigenvalue weighted by atomic mass is 16.3. The van der Waals surface area contributed by atoms with E-state index in [2.05, 4.69) is 42.0 Å². The summed E-state index contributed by atoms with van der Waals surface area (Å²) in [6.45, 7) is 6.00. The SMILES string of the molecule is Cc1nccc(C(O)Cc2ccc(C)c(C)c2)n1. The summed E-state index contributed by atoms with van der Waals surface area (Å²) in [6, 6.07) is 8.02. The highest BCUT2D eigenvalue weighted by molar-refractivity contribution is 5.30. The van der Waals surface area contributed by atoms with E-state index in [9.17, 15) is 5.11 Å². The van der Waals surface area contributed by atoms with Gasteiger partial charge in [0.1, 0.15) is 11.9 Å². The molecule has 0 saturated heterocycles. The zero-order valence-corrected chi connectivity index (χ0v) is 11.0. The van der Waals surface area contributed by atoms with E-state index in [0.29, 0.717) is 17.9 Å². The molecule has 0 aliphatic heterocycles. The highest BCUT2D eigenvalue weighted by Gasteiger charge is 2.10. The fourth-order valence-electron chi connectivity index (χ4n) is 1.92. The summed E-state index contributed by atoms with van der Waals surface area (Å²) < 4.78 is 0. The van der Waals surface area contributed by atoms with Crippen LogP contribution >= 0.6 is 0 Å². The van der Waals surface area contributed by atoms with Crippen molar-refractivity contribution < 1.29 is 5.11 Å². The minimum Gasteiger partial charge on any atom is -0.386 e. The van der Waals surface area contributed by atoms with Gasteiger partial charge < -0.3 is 5.11 Å². The predicted molar refractivity (Wildman–Crippen MR) is 71.3 cm³/mol. The Kier molecular flexibility index (Phi) is 3.72. The summed E-state index contributed by atoms with van der Waals surface area (Å²) in [6.07, 6.45) is 1.69. The van der Waals surface area contributed by atoms with Crippen molar-refractivity contribution in [3.63, 3.8) is 0 Å². The maximum absolute atomic E-state index is 10.2. The van der Waals surface area contributed by atoms with Gasteiger partial charge in [-0.25, -0.2) is 9.97 Å². The number of rotatable bonds is 3. The van der Waals surface area contributed by atoms with Crippen molar-refractivity contribution in [3.05, 3.63) is 58.7 Å². The molecule has 1 N–H and O–H groups in total. The molecule has 0 aliphatic carbocycles. The van der Waals surface area contributed by atoms with Gasteiger partial charge in [-0.15, -0.1) is 0 Å². The first-order valence-electron chi connectivity index (χ1n) is 6.10. The number of hydrogen-bond donors (Lipinski definition) is 1. The van der Waals surface area contributed by atoms with Gasteiger partial charge in [0, 0.05) is 12.6 Å². The predicted octanol–water partition coefficient (Wildman–Crippen LogP) is 2.68. The van der Waals surface area contributed by atoms with Gasteiger partial charge >= 0.3 is 0 Å². The Morgan fingerprint density at radius 3 is 2.56 bits per heavy atom. The monoisotopic (exact) mass is 242 g/mol. The van der Waals surface area contributed by atoms with Gasteiger partial charge in [-0.3, -0.25) is 0 Å². The van der Waals surface area contributed by atoms with Crippen molar-refractivity contribution in [2.75, 3.05) is 0 Å². The van der Waals surface area contributed by atoms with E-state index < -0.39 is 6.10 Å². The number of aliphatic hydroxyl groups excluding tert-OH is 1. The number of aromatic nitrogens is 2. The number of benzene rings is 1. The lowest BCUT2D eigenvalue weighted by atomic mass is 10.0. The van der Waals surface area contributed by atoms with Crippen LogP contribution in [-0.2, 0) is 6.42 Å². The van der Waals surface area contributed by atoms with Crippen LogP contribution in [0.25, 0.3) is 0 Å². The maximum Gasteiger partial charge on any atom is 0.125 e. The topological polar surface area (TPSA) is 46.0 Å². The average molecular weight is 242 g/mol. The largest absolute Gasteiger partial charge is 0.386 e. The van der Waals surface area contributed by atoms with Crippen molar-refractivity contribution in [3.8, 4) is 0 Å². The van der Waals surface area contributed by atoms with Crippen LogP contribution in [0.15, 0.2) is 30.5 Å². The summed E-state index contributed by atoms with van der Waals surface area (Å²) in [7, 11) is 0. The standard InChI is InChI=1S/C15H18N2O/c1-10-4-5-13(8-11(10)2)9-15(18)14-6-7-16-12(3)17-14/h4-8,15,18H,9H2,1-3H3. The molecule has 0 aliphatic rings. The van der Waals surface area contributed by atoms with Gasteiger partial charge in [0.2, 0.25) is 0 Å². The Morgan fingerprint density at radius 1 is 1.11 bits per heavy atom. The molecule has 1 aromatic carbocycles. The van der Waals surface area contributed by atoms with E-state index >= 15 is 0 Å². The van der Waals surface area contributed by atoms with Gasteiger partial charge in [-0.1, -0.05) is 18.2 Å². The molecule has 1 unspecified atom stereocenters. The molecule has 3 nitrogen and oxygen atoms in total. The molecule has 0 saturated carbocycles. The minimum atomic E-state index is -0.575. The zero-order valence-electron chi connectivity index (χ0n) is 11.0. The normalized spacial score (nSPS) is 12.4. The van der Waals surface area contributed by atoms with Crippen LogP contribution in [0.2, 0.25) is 0 Å². The van der Waals surface area contributed by atoms with E-state index in [-0.39, 0.29) is 0 Å². The maximum atomic E-state index is 10.2. The smallest absolute Gasteiger partial charge is 0.125 e. The summed E-state index contributed by atoms with van der Waals surface area (Å²) >= 11 is 0. The number of nitrogens with zero attached hydrogens (tertiary/aromatic N) is 2. The Hall–Kier alpha value is -1.74. The molecule has 94 valence electrons. The van der Waals surface area contributed by atoms with Crippen LogP contribution in [0.1, 0.15) is 34.3 Å². The van der Waals surface area contributed by atoms with Crippen molar-refractivity contribution in [2.45, 2.75) is 33.3 Å². The number of aryl methyl sites for hydroxylation is 3. The molecule has 1 aromatic heterocycles. The van der Waals surface area contributed by atoms with Crippen molar-refractivity contribution in [2.24, 2.45) is 0 Å². The molecular formula is C15H18N2O. The van der Waals surface area contributed by atoms with Crippen LogP contribution in [0.3, 0.4) is 0 Å². The van der Waals surface area contributed by atoms with Crippen LogP contribution in [0, 0.1) is 20.8 Å². The zero-order chi connectivity index (χ0) is 13.1. The van der Waals surface area contributed by atoms with Crippen molar-refractivity contribution >= 4 is 0 Å². The summed E-state index contributed by atoms with van der Waals surface area (Å²) in [5, 5.41) is 10.2. The lowest BCUT2D eigenvalue weighted by molar-refractivity contribution is 0.173. The van der Waals surface area contributed by atoms with E-state index in [1.807, 2.05) is 6.92 Å². The Morgan fingerprint density at radius 2 is 1.89 bits per heavy atom. The van der Waals surface area contributed by atoms with Crippen LogP contribution in [-0.4, -0.2) is 15.1 Å². The molecule has 0 spiro atoms. The Labute approximate surface area is 108 Å². The second-order valence-corrected chi connectivity index (χ2v) is 4.67. The molecule has 1 heterocycles. The third-order valence-electron chi connectivity index (χ3n) is 3.14. The molecule has 2 aromatic rings. The lowest BCUT2D eigenvalue weighted by Crippen LogP contribution is -2.06. The molecule has 2 rings (SSSR count). The second-order valence-electron chi connectivity index (χ2n) is 4.67. The van der Waals surface area contributed by atoms with Crippen LogP contribution in [0.4, 0.5) is 0 Å². The first kappa shape index (κ1) is 12.7. The third-order valence-corrected chi connectivity index (χ3v) is 3.14. The van der Waals surface area contributed by atoms with E-state index in [1.54, 1.807) is 12.3 Å².